The van der Waals surface area contributed by atoms with E-state index in [-0.39, 0.29) is 24.6 Å². The minimum atomic E-state index is -0.617. The number of carbonyl (C=O) groups excluding carboxylic acids is 1. The molecule has 0 unspecified atom stereocenters. The predicted molar refractivity (Wildman–Crippen MR) is 98.6 cm³/mol. The van der Waals surface area contributed by atoms with Gasteiger partial charge in [-0.2, -0.15) is 5.10 Å². The molecule has 2 aromatic rings. The molecule has 1 aliphatic heterocycles. The number of aliphatic hydroxyl groups excluding tert-OH is 1. The SMILES string of the molecule is CN1CC[C@H](O)[C@H](C(=O)NCCn2nc(-c3ccccc3)ccc2=O)C1. The van der Waals surface area contributed by atoms with Gasteiger partial charge < -0.3 is 15.3 Å². The molecule has 0 spiro atoms. The molecule has 0 aliphatic carbocycles. The normalized spacial score (nSPS) is 20.7. The number of hydrogen-bond acceptors (Lipinski definition) is 5. The summed E-state index contributed by atoms with van der Waals surface area (Å²) in [5, 5.41) is 17.2. The van der Waals surface area contributed by atoms with E-state index >= 15 is 0 Å². The molecule has 2 N–H and O–H groups in total. The van der Waals surface area contributed by atoms with Crippen LogP contribution in [0.1, 0.15) is 6.42 Å². The standard InChI is InChI=1S/C19H24N4O3/c1-22-11-9-17(24)15(13-22)19(26)20-10-12-23-18(25)8-7-16(21-23)14-5-3-2-4-6-14/h2-8,15,17,24H,9-13H2,1H3,(H,20,26)/t15-,17+/m1/s1. The van der Waals surface area contributed by atoms with Gasteiger partial charge in [-0.05, 0) is 19.5 Å². The Kier molecular flexibility index (Phi) is 5.80. The van der Waals surface area contributed by atoms with Crippen LogP contribution in [0.5, 0.6) is 0 Å². The molecule has 2 heterocycles. The van der Waals surface area contributed by atoms with Gasteiger partial charge in [0.25, 0.3) is 5.56 Å². The Morgan fingerprint density at radius 2 is 2.04 bits per heavy atom. The van der Waals surface area contributed by atoms with E-state index in [1.54, 1.807) is 6.07 Å². The summed E-state index contributed by atoms with van der Waals surface area (Å²) in [6.07, 6.45) is -0.0252. The van der Waals surface area contributed by atoms with Gasteiger partial charge in [-0.1, -0.05) is 30.3 Å². The zero-order chi connectivity index (χ0) is 18.5. The summed E-state index contributed by atoms with van der Waals surface area (Å²) in [4.78, 5) is 26.4. The van der Waals surface area contributed by atoms with Crippen LogP contribution in [-0.2, 0) is 11.3 Å². The lowest BCUT2D eigenvalue weighted by Crippen LogP contribution is -2.49. The largest absolute Gasteiger partial charge is 0.392 e. The maximum Gasteiger partial charge on any atom is 0.266 e. The first kappa shape index (κ1) is 18.3. The summed E-state index contributed by atoms with van der Waals surface area (Å²) in [7, 11) is 1.94. The third-order valence-electron chi connectivity index (χ3n) is 4.68. The Labute approximate surface area is 152 Å². The van der Waals surface area contributed by atoms with Crippen molar-refractivity contribution in [2.24, 2.45) is 5.92 Å². The van der Waals surface area contributed by atoms with Gasteiger partial charge in [-0.25, -0.2) is 4.68 Å². The van der Waals surface area contributed by atoms with Crippen LogP contribution in [0.15, 0.2) is 47.3 Å². The molecule has 7 nitrogen and oxygen atoms in total. The van der Waals surface area contributed by atoms with Crippen LogP contribution in [0, 0.1) is 5.92 Å². The molecule has 1 fully saturated rings. The van der Waals surface area contributed by atoms with Crippen molar-refractivity contribution < 1.29 is 9.90 Å². The summed E-state index contributed by atoms with van der Waals surface area (Å²) >= 11 is 0. The predicted octanol–water partition coefficient (Wildman–Crippen LogP) is 0.339. The third kappa shape index (κ3) is 4.36. The Balaban J connectivity index is 1.61. The number of aliphatic hydroxyl groups is 1. The Hall–Kier alpha value is -2.51. The fraction of sp³-hybridized carbons (Fsp3) is 0.421. The van der Waals surface area contributed by atoms with Crippen molar-refractivity contribution in [1.29, 1.82) is 0 Å². The molecule has 1 aromatic carbocycles. The number of piperidine rings is 1. The molecule has 0 bridgehead atoms. The van der Waals surface area contributed by atoms with E-state index < -0.39 is 12.0 Å². The average molecular weight is 356 g/mol. The molecular weight excluding hydrogens is 332 g/mol. The van der Waals surface area contributed by atoms with Gasteiger partial charge in [0, 0.05) is 31.3 Å². The van der Waals surface area contributed by atoms with Gasteiger partial charge in [0.05, 0.1) is 24.3 Å². The monoisotopic (exact) mass is 356 g/mol. The maximum absolute atomic E-state index is 12.3. The minimum absolute atomic E-state index is 0.184. The van der Waals surface area contributed by atoms with E-state index in [0.717, 1.165) is 12.1 Å². The second-order valence-electron chi connectivity index (χ2n) is 6.66. The highest BCUT2D eigenvalue weighted by Gasteiger charge is 2.31. The highest BCUT2D eigenvalue weighted by Crippen LogP contribution is 2.16. The zero-order valence-electron chi connectivity index (χ0n) is 14.8. The minimum Gasteiger partial charge on any atom is -0.392 e. The zero-order valence-corrected chi connectivity index (χ0v) is 14.8. The average Bonchev–Trinajstić information content (AvgIpc) is 2.66. The third-order valence-corrected chi connectivity index (χ3v) is 4.68. The first-order valence-electron chi connectivity index (χ1n) is 8.82. The van der Waals surface area contributed by atoms with E-state index in [9.17, 15) is 14.7 Å². The lowest BCUT2D eigenvalue weighted by molar-refractivity contribution is -0.131. The molecule has 7 heteroatoms. The van der Waals surface area contributed by atoms with Crippen LogP contribution in [0.25, 0.3) is 11.3 Å². The maximum atomic E-state index is 12.3. The van der Waals surface area contributed by atoms with Crippen LogP contribution in [-0.4, -0.2) is 58.5 Å². The van der Waals surface area contributed by atoms with Crippen LogP contribution >= 0.6 is 0 Å². The van der Waals surface area contributed by atoms with Crippen molar-refractivity contribution >= 4 is 5.91 Å². The molecular formula is C19H24N4O3. The molecule has 0 radical (unpaired) electrons. The summed E-state index contributed by atoms with van der Waals surface area (Å²) in [5.41, 5.74) is 1.43. The molecule has 138 valence electrons. The molecule has 3 rings (SSSR count). The van der Waals surface area contributed by atoms with Crippen molar-refractivity contribution in [2.45, 2.75) is 19.1 Å². The highest BCUT2D eigenvalue weighted by atomic mass is 16.3. The lowest BCUT2D eigenvalue weighted by Gasteiger charge is -2.32. The highest BCUT2D eigenvalue weighted by molar-refractivity contribution is 5.79. The molecule has 2 atom stereocenters. The quantitative estimate of drug-likeness (QED) is 0.807. The Morgan fingerprint density at radius 3 is 2.81 bits per heavy atom. The van der Waals surface area contributed by atoms with Crippen LogP contribution in [0.4, 0.5) is 0 Å². The van der Waals surface area contributed by atoms with Crippen molar-refractivity contribution in [3.05, 3.63) is 52.8 Å². The number of aromatic nitrogens is 2. The first-order valence-corrected chi connectivity index (χ1v) is 8.82. The molecule has 1 amide bonds. The molecule has 1 saturated heterocycles. The molecule has 1 aromatic heterocycles. The Bertz CT molecular complexity index is 806. The van der Waals surface area contributed by atoms with Gasteiger partial charge in [0.1, 0.15) is 0 Å². The number of nitrogens with one attached hydrogen (secondary N) is 1. The number of hydrogen-bond donors (Lipinski definition) is 2. The second-order valence-corrected chi connectivity index (χ2v) is 6.66. The lowest BCUT2D eigenvalue weighted by atomic mass is 9.94. The number of benzene rings is 1. The second kappa shape index (κ2) is 8.25. The van der Waals surface area contributed by atoms with E-state index in [2.05, 4.69) is 10.4 Å². The number of likely N-dealkylation sites (tertiary alicyclic amines) is 1. The van der Waals surface area contributed by atoms with Crippen LogP contribution in [0.3, 0.4) is 0 Å². The topological polar surface area (TPSA) is 87.5 Å². The van der Waals surface area contributed by atoms with E-state index in [0.29, 0.717) is 18.7 Å². The van der Waals surface area contributed by atoms with E-state index in [4.69, 9.17) is 0 Å². The molecule has 1 aliphatic rings. The van der Waals surface area contributed by atoms with Crippen LogP contribution < -0.4 is 10.9 Å². The molecule has 26 heavy (non-hydrogen) atoms. The van der Waals surface area contributed by atoms with Crippen molar-refractivity contribution in [2.75, 3.05) is 26.7 Å². The van der Waals surface area contributed by atoms with Crippen LogP contribution in [0.2, 0.25) is 0 Å². The van der Waals surface area contributed by atoms with Crippen molar-refractivity contribution in [3.8, 4) is 11.3 Å². The van der Waals surface area contributed by atoms with Gasteiger partial charge in [0.15, 0.2) is 0 Å². The number of amides is 1. The summed E-state index contributed by atoms with van der Waals surface area (Å²) in [6, 6.07) is 12.8. The number of nitrogens with zero attached hydrogens (tertiary/aromatic N) is 3. The smallest absolute Gasteiger partial charge is 0.266 e. The van der Waals surface area contributed by atoms with Gasteiger partial charge >= 0.3 is 0 Å². The van der Waals surface area contributed by atoms with E-state index in [1.165, 1.54) is 10.7 Å². The summed E-state index contributed by atoms with van der Waals surface area (Å²) in [6.45, 7) is 1.89. The fourth-order valence-corrected chi connectivity index (χ4v) is 3.15. The van der Waals surface area contributed by atoms with Crippen molar-refractivity contribution in [1.82, 2.24) is 20.0 Å². The fourth-order valence-electron chi connectivity index (χ4n) is 3.15. The number of carbonyl (C=O) groups is 1. The summed E-state index contributed by atoms with van der Waals surface area (Å²) in [5.74, 6) is -0.620. The summed E-state index contributed by atoms with van der Waals surface area (Å²) < 4.78 is 1.35. The first-order chi connectivity index (χ1) is 12.5. The van der Waals surface area contributed by atoms with Gasteiger partial charge in [0.2, 0.25) is 5.91 Å². The molecule has 0 saturated carbocycles. The number of rotatable bonds is 5. The van der Waals surface area contributed by atoms with Gasteiger partial charge in [-0.15, -0.1) is 0 Å². The van der Waals surface area contributed by atoms with Gasteiger partial charge in [-0.3, -0.25) is 9.59 Å². The van der Waals surface area contributed by atoms with Crippen molar-refractivity contribution in [3.63, 3.8) is 0 Å². The van der Waals surface area contributed by atoms with E-state index in [1.807, 2.05) is 42.3 Å². The Morgan fingerprint density at radius 1 is 1.27 bits per heavy atom.